The van der Waals surface area contributed by atoms with E-state index in [1.807, 2.05) is 7.05 Å². The van der Waals surface area contributed by atoms with Crippen LogP contribution in [0.5, 0.6) is 0 Å². The Morgan fingerprint density at radius 3 is 2.57 bits per heavy atom. The van der Waals surface area contributed by atoms with Crippen LogP contribution in [-0.2, 0) is 32.6 Å². The van der Waals surface area contributed by atoms with Crippen LogP contribution in [0, 0.1) is 0 Å². The number of rotatable bonds is 2. The molecule has 1 aromatic heterocycles. The molecule has 3 nitrogen and oxygen atoms in total. The van der Waals surface area contributed by atoms with Crippen LogP contribution in [0.3, 0.4) is 0 Å². The third-order valence-electron chi connectivity index (χ3n) is 3.86. The van der Waals surface area contributed by atoms with Gasteiger partial charge in [-0.25, -0.2) is 4.98 Å². The van der Waals surface area contributed by atoms with Crippen molar-refractivity contribution in [3.63, 3.8) is 0 Å². The lowest BCUT2D eigenvalue weighted by Crippen LogP contribution is -2.24. The van der Waals surface area contributed by atoms with Gasteiger partial charge in [-0.2, -0.15) is 13.2 Å². The van der Waals surface area contributed by atoms with E-state index in [2.05, 4.69) is 14.9 Å². The topological polar surface area (TPSA) is 29.9 Å². The third kappa shape index (κ3) is 2.81. The summed E-state index contributed by atoms with van der Waals surface area (Å²) >= 11 is 0. The minimum absolute atomic E-state index is 0.543. The minimum Gasteiger partial charge on any atom is -0.334 e. The summed E-state index contributed by atoms with van der Waals surface area (Å²) in [5, 5.41) is 3.27. The van der Waals surface area contributed by atoms with Crippen molar-refractivity contribution in [1.29, 1.82) is 0 Å². The number of alkyl halides is 3. The highest BCUT2D eigenvalue weighted by Crippen LogP contribution is 2.29. The van der Waals surface area contributed by atoms with Crippen molar-refractivity contribution in [3.05, 3.63) is 52.6 Å². The van der Waals surface area contributed by atoms with Crippen LogP contribution in [0.15, 0.2) is 24.3 Å². The van der Waals surface area contributed by atoms with E-state index in [0.29, 0.717) is 6.42 Å². The highest BCUT2D eigenvalue weighted by molar-refractivity contribution is 5.28. The number of nitrogens with zero attached hydrogens (tertiary/aromatic N) is 2. The fourth-order valence-electron chi connectivity index (χ4n) is 2.66. The van der Waals surface area contributed by atoms with Crippen LogP contribution in [0.25, 0.3) is 0 Å². The first kappa shape index (κ1) is 14.1. The van der Waals surface area contributed by atoms with Gasteiger partial charge in [-0.3, -0.25) is 0 Å². The van der Waals surface area contributed by atoms with Crippen LogP contribution < -0.4 is 5.32 Å². The molecule has 2 aromatic rings. The van der Waals surface area contributed by atoms with Crippen molar-refractivity contribution in [2.24, 2.45) is 7.05 Å². The Morgan fingerprint density at radius 2 is 1.95 bits per heavy atom. The van der Waals surface area contributed by atoms with Crippen molar-refractivity contribution < 1.29 is 13.2 Å². The highest BCUT2D eigenvalue weighted by atomic mass is 19.4. The zero-order chi connectivity index (χ0) is 15.0. The molecule has 6 heteroatoms. The minimum atomic E-state index is -4.29. The predicted octanol–water partition coefficient (Wildman–Crippen LogP) is 2.68. The van der Waals surface area contributed by atoms with Crippen molar-refractivity contribution >= 4 is 0 Å². The Morgan fingerprint density at radius 1 is 1.24 bits per heavy atom. The second kappa shape index (κ2) is 5.18. The van der Waals surface area contributed by atoms with Crippen LogP contribution in [0.1, 0.15) is 28.3 Å². The maximum Gasteiger partial charge on any atom is 0.416 e. The van der Waals surface area contributed by atoms with Crippen molar-refractivity contribution in [3.8, 4) is 0 Å². The maximum absolute atomic E-state index is 12.5. The summed E-state index contributed by atoms with van der Waals surface area (Å²) in [5.41, 5.74) is 2.48. The van der Waals surface area contributed by atoms with Gasteiger partial charge in [-0.1, -0.05) is 12.1 Å². The van der Waals surface area contributed by atoms with Gasteiger partial charge < -0.3 is 9.88 Å². The van der Waals surface area contributed by atoms with Gasteiger partial charge >= 0.3 is 6.18 Å². The lowest BCUT2D eigenvalue weighted by atomic mass is 10.1. The number of fused-ring (bicyclic) bond motifs is 1. The fraction of sp³-hybridized carbons (Fsp3) is 0.400. The zero-order valence-electron chi connectivity index (χ0n) is 11.7. The Balaban J connectivity index is 1.82. The molecule has 0 aliphatic carbocycles. The lowest BCUT2D eigenvalue weighted by molar-refractivity contribution is -0.137. The molecule has 1 aromatic carbocycles. The average Bonchev–Trinajstić information content (AvgIpc) is 2.76. The Labute approximate surface area is 120 Å². The molecule has 0 saturated heterocycles. The SMILES string of the molecule is Cn1c(Cc2ccc(C(F)(F)F)cc2)nc2c1CCNC2. The van der Waals surface area contributed by atoms with Crippen LogP contribution in [-0.4, -0.2) is 16.1 Å². The van der Waals surface area contributed by atoms with Crippen molar-refractivity contribution in [1.82, 2.24) is 14.9 Å². The molecule has 3 rings (SSSR count). The molecular weight excluding hydrogens is 279 g/mol. The summed E-state index contributed by atoms with van der Waals surface area (Å²) < 4.78 is 39.7. The molecular formula is C15H16F3N3. The molecule has 0 unspecified atom stereocenters. The van der Waals surface area contributed by atoms with Gasteiger partial charge in [0.15, 0.2) is 0 Å². The lowest BCUT2D eigenvalue weighted by Gasteiger charge is -2.13. The summed E-state index contributed by atoms with van der Waals surface area (Å²) in [6.45, 7) is 1.70. The Kier molecular flexibility index (Phi) is 3.49. The van der Waals surface area contributed by atoms with E-state index >= 15 is 0 Å². The largest absolute Gasteiger partial charge is 0.416 e. The molecule has 0 saturated carbocycles. The van der Waals surface area contributed by atoms with E-state index in [1.54, 1.807) is 0 Å². The van der Waals surface area contributed by atoms with Gasteiger partial charge in [0, 0.05) is 38.7 Å². The number of hydrogen-bond acceptors (Lipinski definition) is 2. The molecule has 1 aliphatic rings. The van der Waals surface area contributed by atoms with E-state index in [-0.39, 0.29) is 0 Å². The van der Waals surface area contributed by atoms with E-state index < -0.39 is 11.7 Å². The van der Waals surface area contributed by atoms with Gasteiger partial charge in [0.2, 0.25) is 0 Å². The van der Waals surface area contributed by atoms with E-state index in [1.165, 1.54) is 17.8 Å². The summed E-state index contributed by atoms with van der Waals surface area (Å²) in [7, 11) is 1.97. The standard InChI is InChI=1S/C15H16F3N3/c1-21-13-6-7-19-9-12(13)20-14(21)8-10-2-4-11(5-3-10)15(16,17)18/h2-5,19H,6-9H2,1H3. The maximum atomic E-state index is 12.5. The zero-order valence-corrected chi connectivity index (χ0v) is 11.7. The first-order valence-corrected chi connectivity index (χ1v) is 6.85. The molecule has 1 aliphatic heterocycles. The molecule has 0 amide bonds. The molecule has 1 N–H and O–H groups in total. The quantitative estimate of drug-likeness (QED) is 0.923. The summed E-state index contributed by atoms with van der Waals surface area (Å²) in [4.78, 5) is 4.60. The summed E-state index contributed by atoms with van der Waals surface area (Å²) in [6, 6.07) is 5.29. The smallest absolute Gasteiger partial charge is 0.334 e. The predicted molar refractivity (Wildman–Crippen MR) is 72.9 cm³/mol. The Hall–Kier alpha value is -1.82. The van der Waals surface area contributed by atoms with E-state index in [4.69, 9.17) is 0 Å². The molecule has 0 fully saturated rings. The third-order valence-corrected chi connectivity index (χ3v) is 3.86. The fourth-order valence-corrected chi connectivity index (χ4v) is 2.66. The van der Waals surface area contributed by atoms with Crippen LogP contribution in [0.4, 0.5) is 13.2 Å². The first-order chi connectivity index (χ1) is 9.95. The molecule has 0 spiro atoms. The van der Waals surface area contributed by atoms with Gasteiger partial charge in [0.1, 0.15) is 5.82 Å². The normalized spacial score (nSPS) is 15.0. The number of halogens is 3. The van der Waals surface area contributed by atoms with E-state index in [0.717, 1.165) is 48.7 Å². The van der Waals surface area contributed by atoms with Gasteiger partial charge in [0.05, 0.1) is 11.3 Å². The molecule has 0 bridgehead atoms. The second-order valence-electron chi connectivity index (χ2n) is 5.28. The van der Waals surface area contributed by atoms with Gasteiger partial charge in [0.25, 0.3) is 0 Å². The number of nitrogens with one attached hydrogen (secondary N) is 1. The van der Waals surface area contributed by atoms with Gasteiger partial charge in [-0.15, -0.1) is 0 Å². The molecule has 0 atom stereocenters. The second-order valence-corrected chi connectivity index (χ2v) is 5.28. The summed E-state index contributed by atoms with van der Waals surface area (Å²) in [6.07, 6.45) is -2.81. The Bertz CT molecular complexity index is 641. The highest BCUT2D eigenvalue weighted by Gasteiger charge is 2.30. The number of hydrogen-bond donors (Lipinski definition) is 1. The number of benzene rings is 1. The van der Waals surface area contributed by atoms with Crippen LogP contribution in [0.2, 0.25) is 0 Å². The van der Waals surface area contributed by atoms with E-state index in [9.17, 15) is 13.2 Å². The van der Waals surface area contributed by atoms with Crippen molar-refractivity contribution in [2.45, 2.75) is 25.6 Å². The molecule has 21 heavy (non-hydrogen) atoms. The monoisotopic (exact) mass is 295 g/mol. The van der Waals surface area contributed by atoms with Crippen molar-refractivity contribution in [2.75, 3.05) is 6.54 Å². The van der Waals surface area contributed by atoms with Gasteiger partial charge in [-0.05, 0) is 17.7 Å². The number of imidazole rings is 1. The molecule has 2 heterocycles. The van der Waals surface area contributed by atoms with Crippen LogP contribution >= 0.6 is 0 Å². The molecule has 112 valence electrons. The summed E-state index contributed by atoms with van der Waals surface area (Å²) in [5.74, 6) is 0.892. The molecule has 0 radical (unpaired) electrons. The number of aromatic nitrogens is 2. The average molecular weight is 295 g/mol. The first-order valence-electron chi connectivity index (χ1n) is 6.85.